The van der Waals surface area contributed by atoms with Gasteiger partial charge in [0.25, 0.3) is 0 Å². The Morgan fingerprint density at radius 3 is 1.65 bits per heavy atom. The van der Waals surface area contributed by atoms with E-state index < -0.39 is 0 Å². The summed E-state index contributed by atoms with van der Waals surface area (Å²) in [6.45, 7) is 23.7. The van der Waals surface area contributed by atoms with Gasteiger partial charge in [-0.1, -0.05) is 0 Å². The molecular weight excluding hydrogens is 527 g/mol. The molecular formula is C34H51GeNS. The summed E-state index contributed by atoms with van der Waals surface area (Å²) in [5, 5.41) is 0. The molecule has 0 spiro atoms. The van der Waals surface area contributed by atoms with E-state index in [2.05, 4.69) is 115 Å². The zero-order valence-corrected chi connectivity index (χ0v) is 30.4. The third kappa shape index (κ3) is 5.62. The van der Waals surface area contributed by atoms with Gasteiger partial charge in [-0.3, -0.25) is 0 Å². The van der Waals surface area contributed by atoms with Crippen molar-refractivity contribution in [3.63, 3.8) is 0 Å². The molecule has 0 heterocycles. The van der Waals surface area contributed by atoms with Gasteiger partial charge >= 0.3 is 242 Å². The van der Waals surface area contributed by atoms with Crippen LogP contribution in [-0.2, 0) is 0 Å². The van der Waals surface area contributed by atoms with Gasteiger partial charge in [0.05, 0.1) is 0 Å². The van der Waals surface area contributed by atoms with Crippen LogP contribution in [0.1, 0.15) is 146 Å². The predicted molar refractivity (Wildman–Crippen MR) is 169 cm³/mol. The van der Waals surface area contributed by atoms with Crippen molar-refractivity contribution in [3.05, 3.63) is 68.8 Å². The van der Waals surface area contributed by atoms with E-state index in [-0.39, 0.29) is 0 Å². The van der Waals surface area contributed by atoms with Crippen molar-refractivity contribution in [1.82, 2.24) is 0 Å². The van der Waals surface area contributed by atoms with Gasteiger partial charge in [-0.15, -0.1) is 0 Å². The maximum atomic E-state index is 2.83. The van der Waals surface area contributed by atoms with Crippen LogP contribution >= 0.6 is 11.8 Å². The number of hydrogen-bond acceptors (Lipinski definition) is 2. The molecule has 0 amide bonds. The monoisotopic (exact) mass is 579 g/mol. The second-order valence-electron chi connectivity index (χ2n) is 13.2. The number of hydrogen-bond donors (Lipinski definition) is 0. The van der Waals surface area contributed by atoms with Gasteiger partial charge in [-0.2, -0.15) is 0 Å². The molecule has 0 aliphatic heterocycles. The third-order valence-electron chi connectivity index (χ3n) is 8.77. The van der Waals surface area contributed by atoms with E-state index in [0.29, 0.717) is 46.3 Å². The molecule has 2 aromatic carbocycles. The van der Waals surface area contributed by atoms with E-state index in [9.17, 15) is 0 Å². The van der Waals surface area contributed by atoms with Gasteiger partial charge in [-0.25, -0.2) is 0 Å². The Morgan fingerprint density at radius 1 is 0.703 bits per heavy atom. The van der Waals surface area contributed by atoms with E-state index in [1.165, 1.54) is 36.0 Å². The summed E-state index contributed by atoms with van der Waals surface area (Å²) in [6, 6.07) is 12.1. The number of anilines is 1. The zero-order chi connectivity index (χ0) is 27.2. The van der Waals surface area contributed by atoms with Crippen LogP contribution in [0.25, 0.3) is 0 Å². The molecule has 37 heavy (non-hydrogen) atoms. The summed E-state index contributed by atoms with van der Waals surface area (Å²) in [5.74, 6) is 4.19. The van der Waals surface area contributed by atoms with Crippen LogP contribution < -0.4 is 3.86 Å². The number of allylic oxidation sites excluding steroid dienone is 2. The molecule has 0 aromatic heterocycles. The number of rotatable bonds is 9. The van der Waals surface area contributed by atoms with Gasteiger partial charge in [0.15, 0.2) is 0 Å². The fourth-order valence-electron chi connectivity index (χ4n) is 6.59. The Bertz CT molecular complexity index is 1100. The molecule has 4 rings (SSSR count). The normalized spacial score (nSPS) is 19.6. The fraction of sp³-hybridized carbons (Fsp3) is 0.588. The van der Waals surface area contributed by atoms with Crippen molar-refractivity contribution in [2.24, 2.45) is 11.8 Å². The summed E-state index contributed by atoms with van der Waals surface area (Å²) in [4.78, 5) is 3.27. The zero-order valence-electron chi connectivity index (χ0n) is 25.4. The first-order valence-electron chi connectivity index (χ1n) is 14.9. The van der Waals surface area contributed by atoms with Gasteiger partial charge in [0.2, 0.25) is 0 Å². The molecule has 2 atom stereocenters. The molecule has 1 saturated carbocycles. The Morgan fingerprint density at radius 2 is 1.19 bits per heavy atom. The summed E-state index contributed by atoms with van der Waals surface area (Å²) >= 11 is 2.72. The van der Waals surface area contributed by atoms with Crippen LogP contribution in [0.5, 0.6) is 0 Å². The van der Waals surface area contributed by atoms with E-state index in [1.54, 1.807) is 32.3 Å². The summed E-state index contributed by atoms with van der Waals surface area (Å²) in [6.07, 6.45) is 4.11. The molecule has 1 nitrogen and oxygen atoms in total. The number of fused-ring (bicyclic) bond motifs is 2. The first-order chi connectivity index (χ1) is 17.4. The molecule has 2 aromatic rings. The Labute approximate surface area is 240 Å². The number of benzene rings is 2. The van der Waals surface area contributed by atoms with Crippen molar-refractivity contribution in [2.45, 2.75) is 123 Å². The van der Waals surface area contributed by atoms with Crippen LogP contribution in [0.3, 0.4) is 0 Å². The van der Waals surface area contributed by atoms with Crippen LogP contribution in [0.2, 0.25) is 0 Å². The topological polar surface area (TPSA) is 3.24 Å². The van der Waals surface area contributed by atoms with Gasteiger partial charge in [0, 0.05) is 0 Å². The Balaban J connectivity index is 1.89. The third-order valence-corrected chi connectivity index (χ3v) is 12.2. The Kier molecular flexibility index (Phi) is 9.01. The molecule has 0 unspecified atom stereocenters. The molecule has 202 valence electrons. The molecule has 0 N–H and O–H groups in total. The van der Waals surface area contributed by atoms with Crippen molar-refractivity contribution in [1.29, 1.82) is 0 Å². The number of para-hydroxylation sites is 1. The molecule has 2 bridgehead atoms. The minimum atomic E-state index is 0.533. The van der Waals surface area contributed by atoms with E-state index >= 15 is 0 Å². The van der Waals surface area contributed by atoms with E-state index in [1.807, 2.05) is 0 Å². The molecule has 2 aliphatic carbocycles. The van der Waals surface area contributed by atoms with Crippen molar-refractivity contribution >= 4 is 34.2 Å². The first-order valence-corrected chi connectivity index (χ1v) is 17.6. The summed E-state index contributed by atoms with van der Waals surface area (Å²) < 4.78 is 2.83. The second-order valence-corrected chi connectivity index (χ2v) is 16.1. The molecule has 1 fully saturated rings. The average Bonchev–Trinajstić information content (AvgIpc) is 3.44. The SMILES string of the molecule is CC(C)c1cc(C(C)C)c(SC2=C([N]([GeH3])c3c(C(C)C)cccc3C(C)C)[C@@H]3CC[C@H]2C3)c(C(C)C)c1. The van der Waals surface area contributed by atoms with Crippen LogP contribution in [-0.4, -0.2) is 16.7 Å². The summed E-state index contributed by atoms with van der Waals surface area (Å²) in [5.41, 5.74) is 10.9. The van der Waals surface area contributed by atoms with Crippen molar-refractivity contribution in [2.75, 3.05) is 3.86 Å². The fourth-order valence-corrected chi connectivity index (χ4v) is 11.1. The van der Waals surface area contributed by atoms with Gasteiger partial charge in [-0.05, 0) is 0 Å². The quantitative estimate of drug-likeness (QED) is 0.273. The molecule has 2 aliphatic rings. The van der Waals surface area contributed by atoms with Gasteiger partial charge < -0.3 is 0 Å². The number of thioether (sulfide) groups is 1. The van der Waals surface area contributed by atoms with Crippen molar-refractivity contribution in [3.8, 4) is 0 Å². The van der Waals surface area contributed by atoms with Crippen LogP contribution in [0.15, 0.2) is 45.8 Å². The number of nitrogens with zero attached hydrogens (tertiary/aromatic N) is 1. The standard InChI is InChI=1S/C34H51GeNS/c1-19(2)26-17-29(22(7)8)34(30(18-26)23(9)10)37-33-25-15-14-24(16-25)31(33)36(35)32-27(20(3)4)12-11-13-28(32)21(5)6/h11-13,17-25H,14-16H2,1-10,35H3/t24-,25+/m1/s1. The van der Waals surface area contributed by atoms with E-state index in [4.69, 9.17) is 0 Å². The first kappa shape index (κ1) is 28.9. The molecule has 3 heteroatoms. The average molecular weight is 578 g/mol. The Hall–Kier alpha value is -1.13. The molecule has 0 radical (unpaired) electrons. The van der Waals surface area contributed by atoms with Crippen molar-refractivity contribution < 1.29 is 0 Å². The maximum absolute atomic E-state index is 2.83. The van der Waals surface area contributed by atoms with Gasteiger partial charge in [0.1, 0.15) is 0 Å². The van der Waals surface area contributed by atoms with E-state index in [0.717, 1.165) is 11.8 Å². The summed E-state index contributed by atoms with van der Waals surface area (Å²) in [7, 11) is 0. The predicted octanol–water partition coefficient (Wildman–Crippen LogP) is 9.82. The second kappa shape index (κ2) is 11.5. The molecule has 0 saturated heterocycles. The van der Waals surface area contributed by atoms with Crippen LogP contribution in [0.4, 0.5) is 5.69 Å². The van der Waals surface area contributed by atoms with Crippen LogP contribution in [0, 0.1) is 11.8 Å². The minimum absolute atomic E-state index is 0.533.